The number of esters is 2. The number of nitrogens with zero attached hydrogens (tertiary/aromatic N) is 4. The maximum absolute atomic E-state index is 12.6. The average molecular weight is 455 g/mol. The molecule has 3 aromatic heterocycles. The maximum atomic E-state index is 12.6. The second-order valence-electron chi connectivity index (χ2n) is 8.56. The van der Waals surface area contributed by atoms with Gasteiger partial charge in [-0.3, -0.25) is 0 Å². The van der Waals surface area contributed by atoms with E-state index in [9.17, 15) is 9.59 Å². The van der Waals surface area contributed by atoms with Gasteiger partial charge in [-0.05, 0) is 0 Å². The van der Waals surface area contributed by atoms with Crippen molar-refractivity contribution in [2.24, 2.45) is 0 Å². The molecule has 2 aliphatic rings. The number of ether oxygens (including phenoxy) is 2. The van der Waals surface area contributed by atoms with Gasteiger partial charge in [0.15, 0.2) is 0 Å². The van der Waals surface area contributed by atoms with Gasteiger partial charge in [-0.25, -0.2) is 29.5 Å². The standard InChI is InChI=1S/C21H18N4O4S2/c1-8(2)17-22-6-9(30-17)11-13-15(28-18(11)26)25-14-12(19(27)29-16(14)24-13)10-7-23-20(31-10)21(3,4)5/h6-8H,1-5H3. The van der Waals surface area contributed by atoms with Crippen LogP contribution in [-0.4, -0.2) is 31.9 Å². The maximum Gasteiger partial charge on any atom is 0.348 e. The van der Waals surface area contributed by atoms with E-state index in [0.29, 0.717) is 9.75 Å². The predicted molar refractivity (Wildman–Crippen MR) is 115 cm³/mol. The van der Waals surface area contributed by atoms with Crippen molar-refractivity contribution >= 4 is 45.8 Å². The molecule has 0 bridgehead atoms. The van der Waals surface area contributed by atoms with Gasteiger partial charge in [-0.15, -0.1) is 22.7 Å². The van der Waals surface area contributed by atoms with Gasteiger partial charge in [-0.2, -0.15) is 0 Å². The van der Waals surface area contributed by atoms with E-state index in [2.05, 4.69) is 40.7 Å². The number of hydrogen-bond donors (Lipinski definition) is 0. The van der Waals surface area contributed by atoms with Crippen molar-refractivity contribution in [2.75, 3.05) is 0 Å². The smallest absolute Gasteiger partial charge is 0.348 e. The Morgan fingerprint density at radius 2 is 1.35 bits per heavy atom. The SMILES string of the molecule is CC(C)c1ncc(C2=c3nc4c(nc3OC2=O)=C(c2cnc(C(C)(C)C)s2)C(=O)O4)s1. The minimum Gasteiger partial charge on any atom is -0.401 e. The monoisotopic (exact) mass is 454 g/mol. The number of rotatable bonds is 3. The lowest BCUT2D eigenvalue weighted by molar-refractivity contribution is -0.128. The molecule has 0 N–H and O–H groups in total. The molecule has 0 spiro atoms. The molecule has 0 radical (unpaired) electrons. The van der Waals surface area contributed by atoms with Gasteiger partial charge in [0.25, 0.3) is 11.8 Å². The number of carbonyl (C=O) groups excluding carboxylic acids is 2. The molecule has 5 rings (SSSR count). The highest BCUT2D eigenvalue weighted by Gasteiger charge is 2.35. The molecule has 0 saturated heterocycles. The summed E-state index contributed by atoms with van der Waals surface area (Å²) >= 11 is 2.81. The molecule has 3 aromatic rings. The Labute approximate surface area is 185 Å². The molecule has 0 atom stereocenters. The summed E-state index contributed by atoms with van der Waals surface area (Å²) in [7, 11) is 0. The first-order valence-corrected chi connectivity index (χ1v) is 11.3. The molecular formula is C21H18N4O4S2. The van der Waals surface area contributed by atoms with Crippen LogP contribution in [0.2, 0.25) is 0 Å². The van der Waals surface area contributed by atoms with E-state index in [1.54, 1.807) is 12.4 Å². The number of hydrogen-bond acceptors (Lipinski definition) is 10. The molecule has 158 valence electrons. The van der Waals surface area contributed by atoms with Crippen LogP contribution in [0.15, 0.2) is 12.4 Å². The van der Waals surface area contributed by atoms with E-state index in [-0.39, 0.29) is 44.9 Å². The molecule has 0 fully saturated rings. The van der Waals surface area contributed by atoms with E-state index >= 15 is 0 Å². The number of aromatic nitrogens is 4. The Balaban J connectivity index is 1.70. The van der Waals surface area contributed by atoms with Crippen LogP contribution in [0.3, 0.4) is 0 Å². The zero-order chi connectivity index (χ0) is 22.1. The third-order valence-corrected chi connectivity index (χ3v) is 7.51. The summed E-state index contributed by atoms with van der Waals surface area (Å²) in [6.07, 6.45) is 3.27. The summed E-state index contributed by atoms with van der Waals surface area (Å²) in [5.41, 5.74) is 0.413. The van der Waals surface area contributed by atoms with Crippen molar-refractivity contribution < 1.29 is 19.1 Å². The van der Waals surface area contributed by atoms with Gasteiger partial charge in [0, 0.05) is 23.7 Å². The van der Waals surface area contributed by atoms with Crippen molar-refractivity contribution in [2.45, 2.75) is 46.0 Å². The lowest BCUT2D eigenvalue weighted by atomic mass is 9.98. The Hall–Kier alpha value is -2.98. The van der Waals surface area contributed by atoms with Crippen LogP contribution in [-0.2, 0) is 15.0 Å². The molecule has 0 aliphatic carbocycles. The lowest BCUT2D eigenvalue weighted by Crippen LogP contribution is -2.19. The van der Waals surface area contributed by atoms with E-state index in [1.165, 1.54) is 22.7 Å². The summed E-state index contributed by atoms with van der Waals surface area (Å²) < 4.78 is 10.8. The Morgan fingerprint density at radius 1 is 0.839 bits per heavy atom. The molecule has 0 aromatic carbocycles. The minimum absolute atomic E-state index is 0.0638. The zero-order valence-electron chi connectivity index (χ0n) is 17.5. The summed E-state index contributed by atoms with van der Waals surface area (Å²) in [6, 6.07) is 0. The third-order valence-electron chi connectivity index (χ3n) is 4.75. The fourth-order valence-corrected chi connectivity index (χ4v) is 5.15. The fourth-order valence-electron chi connectivity index (χ4n) is 3.18. The normalized spacial score (nSPS) is 15.4. The highest BCUT2D eigenvalue weighted by Crippen LogP contribution is 2.32. The fraction of sp³-hybridized carbons (Fsp3) is 0.333. The van der Waals surface area contributed by atoms with Gasteiger partial charge in [0.05, 0.1) is 19.8 Å². The molecule has 2 aliphatic heterocycles. The molecule has 10 heteroatoms. The minimum atomic E-state index is -0.546. The van der Waals surface area contributed by atoms with Crippen LogP contribution in [0.4, 0.5) is 0 Å². The van der Waals surface area contributed by atoms with Crippen LogP contribution in [0.5, 0.6) is 11.8 Å². The Morgan fingerprint density at radius 3 is 1.81 bits per heavy atom. The molecule has 0 saturated carbocycles. The topological polar surface area (TPSA) is 104 Å². The van der Waals surface area contributed by atoms with Crippen LogP contribution in [0.1, 0.15) is 60.3 Å². The van der Waals surface area contributed by atoms with Crippen molar-refractivity contribution in [3.63, 3.8) is 0 Å². The summed E-state index contributed by atoms with van der Waals surface area (Å²) in [4.78, 5) is 44.2. The van der Waals surface area contributed by atoms with Crippen LogP contribution >= 0.6 is 22.7 Å². The molecule has 31 heavy (non-hydrogen) atoms. The van der Waals surface area contributed by atoms with Crippen LogP contribution in [0.25, 0.3) is 11.1 Å². The first kappa shape index (κ1) is 20.0. The van der Waals surface area contributed by atoms with Crippen molar-refractivity contribution in [3.8, 4) is 11.8 Å². The summed E-state index contributed by atoms with van der Waals surface area (Å²) in [5.74, 6) is -0.727. The lowest BCUT2D eigenvalue weighted by Gasteiger charge is -2.13. The van der Waals surface area contributed by atoms with Crippen molar-refractivity contribution in [1.29, 1.82) is 0 Å². The zero-order valence-corrected chi connectivity index (χ0v) is 19.1. The van der Waals surface area contributed by atoms with Crippen molar-refractivity contribution in [1.82, 2.24) is 19.9 Å². The van der Waals surface area contributed by atoms with Gasteiger partial charge < -0.3 is 9.47 Å². The van der Waals surface area contributed by atoms with Crippen LogP contribution < -0.4 is 20.2 Å². The van der Waals surface area contributed by atoms with Gasteiger partial charge in [0.1, 0.15) is 21.8 Å². The summed E-state index contributed by atoms with van der Waals surface area (Å²) in [6.45, 7) is 10.2. The van der Waals surface area contributed by atoms with E-state index in [0.717, 1.165) is 10.0 Å². The van der Waals surface area contributed by atoms with Crippen molar-refractivity contribution in [3.05, 3.63) is 42.9 Å². The first-order valence-electron chi connectivity index (χ1n) is 9.67. The molecule has 0 unspecified atom stereocenters. The number of thiazole rings is 2. The third kappa shape index (κ3) is 3.17. The quantitative estimate of drug-likeness (QED) is 0.554. The number of fused-ring (bicyclic) bond motifs is 2. The highest BCUT2D eigenvalue weighted by atomic mass is 32.1. The Kier molecular flexibility index (Phi) is 4.35. The van der Waals surface area contributed by atoms with E-state index < -0.39 is 11.9 Å². The molecule has 0 amide bonds. The molecular weight excluding hydrogens is 436 g/mol. The molecule has 5 heterocycles. The summed E-state index contributed by atoms with van der Waals surface area (Å²) in [5, 5.41) is 2.31. The highest BCUT2D eigenvalue weighted by molar-refractivity contribution is 7.13. The predicted octanol–water partition coefficient (Wildman–Crippen LogP) is 2.05. The van der Waals surface area contributed by atoms with E-state index in [4.69, 9.17) is 9.47 Å². The van der Waals surface area contributed by atoms with Gasteiger partial charge in [0.2, 0.25) is 0 Å². The Bertz CT molecular complexity index is 1400. The molecule has 8 nitrogen and oxygen atoms in total. The average Bonchev–Trinajstić information content (AvgIpc) is 3.42. The largest absolute Gasteiger partial charge is 0.401 e. The second-order valence-corrected chi connectivity index (χ2v) is 10.7. The van der Waals surface area contributed by atoms with Crippen LogP contribution in [0, 0.1) is 0 Å². The number of carbonyl (C=O) groups is 2. The second kappa shape index (κ2) is 6.76. The van der Waals surface area contributed by atoms with Gasteiger partial charge >= 0.3 is 11.9 Å². The van der Waals surface area contributed by atoms with Gasteiger partial charge in [-0.1, -0.05) is 34.6 Å². The van der Waals surface area contributed by atoms with E-state index in [1.807, 2.05) is 13.8 Å². The first-order chi connectivity index (χ1) is 14.6.